The fraction of sp³-hybridized carbons (Fsp3) is 0.600. The molecule has 4 unspecified atom stereocenters. The summed E-state index contributed by atoms with van der Waals surface area (Å²) in [5.41, 5.74) is 0. The molecule has 0 saturated carbocycles. The average Bonchev–Trinajstić information content (AvgIpc) is 2.09. The van der Waals surface area contributed by atoms with Crippen LogP contribution in [0.3, 0.4) is 0 Å². The van der Waals surface area contributed by atoms with Gasteiger partial charge in [-0.05, 0) is 13.8 Å². The molecule has 0 aliphatic carbocycles. The van der Waals surface area contributed by atoms with Gasteiger partial charge in [-0.25, -0.2) is 0 Å². The minimum absolute atomic E-state index is 0.0314. The fourth-order valence-electron chi connectivity index (χ4n) is 0.731. The van der Waals surface area contributed by atoms with E-state index in [-0.39, 0.29) is 21.5 Å². The first-order valence-electron chi connectivity index (χ1n) is 4.36. The predicted molar refractivity (Wildman–Crippen MR) is 68.2 cm³/mol. The molecule has 0 amide bonds. The second-order valence-electron chi connectivity index (χ2n) is 3.01. The van der Waals surface area contributed by atoms with E-state index in [1.807, 2.05) is 26.0 Å². The molecule has 0 spiro atoms. The third-order valence-electron chi connectivity index (χ3n) is 1.42. The van der Waals surface area contributed by atoms with Gasteiger partial charge >= 0.3 is 0 Å². The van der Waals surface area contributed by atoms with Gasteiger partial charge in [-0.3, -0.25) is 0 Å². The smallest absolute Gasteiger partial charge is 0.0715 e. The maximum absolute atomic E-state index is 5.99. The van der Waals surface area contributed by atoms with Gasteiger partial charge in [0, 0.05) is 10.8 Å². The van der Waals surface area contributed by atoms with Gasteiger partial charge in [0.15, 0.2) is 0 Å². The van der Waals surface area contributed by atoms with Crippen LogP contribution < -0.4 is 0 Å². The maximum Gasteiger partial charge on any atom is 0.0715 e. The Balaban J connectivity index is 4.05. The number of hydrogen-bond acceptors (Lipinski definition) is 0. The van der Waals surface area contributed by atoms with Gasteiger partial charge in [-0.1, -0.05) is 24.3 Å². The molecule has 0 aliphatic rings. The summed E-state index contributed by atoms with van der Waals surface area (Å²) in [5, 5.41) is -0.582. The summed E-state index contributed by atoms with van der Waals surface area (Å²) in [7, 11) is 0. The predicted octanol–water partition coefficient (Wildman–Crippen LogP) is 4.57. The van der Waals surface area contributed by atoms with Crippen LogP contribution in [0.5, 0.6) is 0 Å². The molecule has 0 fully saturated rings. The molecule has 0 nitrogen and oxygen atoms in total. The van der Waals surface area contributed by atoms with Gasteiger partial charge in [0.1, 0.15) is 0 Å². The number of rotatable bonds is 5. The van der Waals surface area contributed by atoms with E-state index >= 15 is 0 Å². The molecule has 0 aromatic carbocycles. The molecule has 0 aliphatic heterocycles. The Morgan fingerprint density at radius 2 is 0.929 bits per heavy atom. The van der Waals surface area contributed by atoms with Crippen LogP contribution in [0.15, 0.2) is 24.3 Å². The highest BCUT2D eigenvalue weighted by molar-refractivity contribution is 6.31. The van der Waals surface area contributed by atoms with Crippen LogP contribution in [-0.2, 0) is 0 Å². The van der Waals surface area contributed by atoms with Crippen molar-refractivity contribution in [3.05, 3.63) is 24.3 Å². The zero-order chi connectivity index (χ0) is 11.1. The molecule has 0 rings (SSSR count). The Morgan fingerprint density at radius 1 is 0.643 bits per heavy atom. The maximum atomic E-state index is 5.99. The lowest BCUT2D eigenvalue weighted by molar-refractivity contribution is 1.04. The summed E-state index contributed by atoms with van der Waals surface area (Å²) in [4.78, 5) is 0. The number of allylic oxidation sites excluding steroid dienone is 4. The molecule has 0 heterocycles. The van der Waals surface area contributed by atoms with Crippen LogP contribution in [0, 0.1) is 0 Å². The lowest BCUT2D eigenvalue weighted by Gasteiger charge is -2.08. The molecular formula is C10H14Cl4. The van der Waals surface area contributed by atoms with Crippen molar-refractivity contribution in [3.63, 3.8) is 0 Å². The van der Waals surface area contributed by atoms with Gasteiger partial charge in [-0.2, -0.15) is 0 Å². The summed E-state index contributed by atoms with van der Waals surface area (Å²) in [6.07, 6.45) is 7.21. The summed E-state index contributed by atoms with van der Waals surface area (Å²) < 4.78 is 0. The van der Waals surface area contributed by atoms with E-state index in [2.05, 4.69) is 0 Å². The van der Waals surface area contributed by atoms with E-state index in [1.54, 1.807) is 12.2 Å². The van der Waals surface area contributed by atoms with Crippen molar-refractivity contribution in [1.82, 2.24) is 0 Å². The van der Waals surface area contributed by atoms with Gasteiger partial charge < -0.3 is 0 Å². The van der Waals surface area contributed by atoms with Crippen molar-refractivity contribution in [2.75, 3.05) is 0 Å². The summed E-state index contributed by atoms with van der Waals surface area (Å²) >= 11 is 23.4. The van der Waals surface area contributed by atoms with E-state index < -0.39 is 0 Å². The highest BCUT2D eigenvalue weighted by Crippen LogP contribution is 2.15. The third-order valence-corrected chi connectivity index (χ3v) is 2.68. The van der Waals surface area contributed by atoms with E-state index in [0.29, 0.717) is 0 Å². The molecule has 0 N–H and O–H groups in total. The van der Waals surface area contributed by atoms with Crippen molar-refractivity contribution in [2.24, 2.45) is 0 Å². The molecule has 4 atom stereocenters. The van der Waals surface area contributed by atoms with Crippen LogP contribution in [0.2, 0.25) is 0 Å². The number of halogens is 4. The molecular weight excluding hydrogens is 262 g/mol. The van der Waals surface area contributed by atoms with Crippen LogP contribution in [0.4, 0.5) is 0 Å². The van der Waals surface area contributed by atoms with E-state index in [0.717, 1.165) is 0 Å². The van der Waals surface area contributed by atoms with Crippen LogP contribution in [0.25, 0.3) is 0 Å². The molecule has 0 bridgehead atoms. The zero-order valence-electron chi connectivity index (χ0n) is 8.13. The minimum atomic E-state index is -0.260. The van der Waals surface area contributed by atoms with Gasteiger partial charge in [0.25, 0.3) is 0 Å². The third kappa shape index (κ3) is 7.99. The first-order chi connectivity index (χ1) is 6.43. The van der Waals surface area contributed by atoms with Gasteiger partial charge in [-0.15, -0.1) is 46.4 Å². The van der Waals surface area contributed by atoms with Crippen LogP contribution in [-0.4, -0.2) is 21.5 Å². The van der Waals surface area contributed by atoms with Crippen molar-refractivity contribution in [1.29, 1.82) is 0 Å². The normalized spacial score (nSPS) is 21.3. The van der Waals surface area contributed by atoms with E-state index in [9.17, 15) is 0 Å². The summed E-state index contributed by atoms with van der Waals surface area (Å²) in [5.74, 6) is 0. The summed E-state index contributed by atoms with van der Waals surface area (Å²) in [6, 6.07) is 0. The summed E-state index contributed by atoms with van der Waals surface area (Å²) in [6.45, 7) is 3.73. The largest absolute Gasteiger partial charge is 0.119 e. The zero-order valence-corrected chi connectivity index (χ0v) is 11.2. The minimum Gasteiger partial charge on any atom is -0.119 e. The van der Waals surface area contributed by atoms with Gasteiger partial charge in [0.05, 0.1) is 10.8 Å². The first kappa shape index (κ1) is 14.6. The Kier molecular flexibility index (Phi) is 8.23. The topological polar surface area (TPSA) is 0 Å². The van der Waals surface area contributed by atoms with E-state index in [4.69, 9.17) is 46.4 Å². The van der Waals surface area contributed by atoms with E-state index in [1.165, 1.54) is 0 Å². The molecule has 0 radical (unpaired) electrons. The lowest BCUT2D eigenvalue weighted by Crippen LogP contribution is -2.10. The van der Waals surface area contributed by atoms with Crippen molar-refractivity contribution in [2.45, 2.75) is 35.4 Å². The highest BCUT2D eigenvalue weighted by atomic mass is 35.5. The quantitative estimate of drug-likeness (QED) is 0.509. The fourth-order valence-corrected chi connectivity index (χ4v) is 1.23. The molecule has 82 valence electrons. The first-order valence-corrected chi connectivity index (χ1v) is 6.11. The molecule has 4 heteroatoms. The molecule has 14 heavy (non-hydrogen) atoms. The SMILES string of the molecule is CC(Cl)/C=C/C(Cl)C(Cl)/C=C/C(C)Cl. The molecule has 0 aromatic heterocycles. The van der Waals surface area contributed by atoms with Crippen LogP contribution in [0.1, 0.15) is 13.8 Å². The Labute approximate surface area is 106 Å². The van der Waals surface area contributed by atoms with Crippen molar-refractivity contribution in [3.8, 4) is 0 Å². The lowest BCUT2D eigenvalue weighted by atomic mass is 10.2. The number of alkyl halides is 4. The monoisotopic (exact) mass is 274 g/mol. The second-order valence-corrected chi connectivity index (χ2v) is 5.40. The molecule has 0 saturated heterocycles. The standard InChI is InChI=1S/C10H14Cl4/c1-7(11)3-5-9(13)10(14)6-4-8(2)12/h3-10H,1-2H3/b5-3+,6-4+. The van der Waals surface area contributed by atoms with Gasteiger partial charge in [0.2, 0.25) is 0 Å². The highest BCUT2D eigenvalue weighted by Gasteiger charge is 2.10. The Hall–Kier alpha value is 0.640. The average molecular weight is 276 g/mol. The second kappa shape index (κ2) is 7.87. The number of hydrogen-bond donors (Lipinski definition) is 0. The molecule has 0 aromatic rings. The van der Waals surface area contributed by atoms with Crippen molar-refractivity contribution < 1.29 is 0 Å². The van der Waals surface area contributed by atoms with Crippen LogP contribution >= 0.6 is 46.4 Å². The Bertz CT molecular complexity index is 174. The van der Waals surface area contributed by atoms with Crippen molar-refractivity contribution >= 4 is 46.4 Å². The Morgan fingerprint density at radius 3 is 1.14 bits per heavy atom.